The highest BCUT2D eigenvalue weighted by Crippen LogP contribution is 2.44. The van der Waals surface area contributed by atoms with E-state index in [9.17, 15) is 9.18 Å². The molecule has 3 atom stereocenters. The van der Waals surface area contributed by atoms with E-state index in [-0.39, 0.29) is 10.9 Å². The molecule has 130 valence electrons. The molecule has 2 fully saturated rings. The van der Waals surface area contributed by atoms with Crippen molar-refractivity contribution >= 4 is 17.5 Å². The number of fused-ring (bicyclic) bond motifs is 1. The minimum absolute atomic E-state index is 0.134. The van der Waals surface area contributed by atoms with Crippen LogP contribution in [0.15, 0.2) is 48.5 Å². The third kappa shape index (κ3) is 3.05. The van der Waals surface area contributed by atoms with Crippen LogP contribution in [0.5, 0.6) is 0 Å². The maximum atomic E-state index is 13.6. The van der Waals surface area contributed by atoms with Crippen molar-refractivity contribution in [1.29, 1.82) is 0 Å². The summed E-state index contributed by atoms with van der Waals surface area (Å²) in [6.07, 6.45) is 0. The lowest BCUT2D eigenvalue weighted by Crippen LogP contribution is -2.33. The molecule has 0 spiro atoms. The first kappa shape index (κ1) is 16.6. The number of carbonyl (C=O) groups is 1. The molecule has 1 amide bonds. The maximum absolute atomic E-state index is 13.6. The first-order chi connectivity index (χ1) is 12.0. The molecule has 3 nitrogen and oxygen atoms in total. The van der Waals surface area contributed by atoms with Gasteiger partial charge < -0.3 is 4.90 Å². The van der Waals surface area contributed by atoms with E-state index < -0.39 is 5.82 Å². The van der Waals surface area contributed by atoms with Crippen molar-refractivity contribution in [3.8, 4) is 0 Å². The monoisotopic (exact) mass is 358 g/mol. The molecular weight excluding hydrogens is 339 g/mol. The first-order valence-electron chi connectivity index (χ1n) is 8.53. The summed E-state index contributed by atoms with van der Waals surface area (Å²) in [5.41, 5.74) is 1.62. The molecule has 25 heavy (non-hydrogen) atoms. The molecule has 2 aromatic carbocycles. The van der Waals surface area contributed by atoms with Gasteiger partial charge >= 0.3 is 0 Å². The van der Waals surface area contributed by atoms with Gasteiger partial charge in [-0.05, 0) is 36.7 Å². The Bertz CT molecular complexity index is 777. The number of nitrogens with zero attached hydrogens (tertiary/aromatic N) is 2. The van der Waals surface area contributed by atoms with Crippen LogP contribution in [0, 0.1) is 17.7 Å². The topological polar surface area (TPSA) is 23.6 Å². The Morgan fingerprint density at radius 2 is 1.88 bits per heavy atom. The van der Waals surface area contributed by atoms with Crippen molar-refractivity contribution in [2.45, 2.75) is 6.04 Å². The van der Waals surface area contributed by atoms with E-state index in [2.05, 4.69) is 36.2 Å². The summed E-state index contributed by atoms with van der Waals surface area (Å²) in [6, 6.07) is 14.8. The maximum Gasteiger partial charge on any atom is 0.254 e. The van der Waals surface area contributed by atoms with Crippen LogP contribution in [0.1, 0.15) is 22.0 Å². The third-order valence-corrected chi connectivity index (χ3v) is 5.65. The van der Waals surface area contributed by atoms with Gasteiger partial charge in [-0.2, -0.15) is 0 Å². The fourth-order valence-electron chi connectivity index (χ4n) is 4.44. The Morgan fingerprint density at radius 1 is 1.12 bits per heavy atom. The third-order valence-electron chi connectivity index (χ3n) is 5.43. The minimum atomic E-state index is -0.475. The minimum Gasteiger partial charge on any atom is -0.338 e. The second-order valence-corrected chi connectivity index (χ2v) is 7.52. The number of halogens is 2. The normalized spacial score (nSPS) is 26.0. The van der Waals surface area contributed by atoms with E-state index in [0.717, 1.165) is 6.54 Å². The summed E-state index contributed by atoms with van der Waals surface area (Å²) in [6.45, 7) is 2.38. The molecule has 0 unspecified atom stereocenters. The lowest BCUT2D eigenvalue weighted by molar-refractivity contribution is 0.0767. The van der Waals surface area contributed by atoms with Gasteiger partial charge in [0.2, 0.25) is 0 Å². The van der Waals surface area contributed by atoms with Crippen LogP contribution in [0.2, 0.25) is 5.02 Å². The molecule has 0 aromatic heterocycles. The molecule has 0 saturated carbocycles. The molecule has 4 rings (SSSR count). The van der Waals surface area contributed by atoms with E-state index in [1.807, 2.05) is 11.0 Å². The van der Waals surface area contributed by atoms with Crippen LogP contribution in [-0.2, 0) is 0 Å². The highest BCUT2D eigenvalue weighted by atomic mass is 35.5. The highest BCUT2D eigenvalue weighted by molar-refractivity contribution is 6.31. The predicted molar refractivity (Wildman–Crippen MR) is 96.1 cm³/mol. The number of benzene rings is 2. The highest BCUT2D eigenvalue weighted by Gasteiger charge is 2.47. The quantitative estimate of drug-likeness (QED) is 0.814. The summed E-state index contributed by atoms with van der Waals surface area (Å²) in [4.78, 5) is 17.0. The number of hydrogen-bond acceptors (Lipinski definition) is 2. The number of rotatable bonds is 2. The lowest BCUT2D eigenvalue weighted by Gasteiger charge is -2.27. The summed E-state index contributed by atoms with van der Waals surface area (Å²) in [7, 11) is 2.15. The van der Waals surface area contributed by atoms with Crippen LogP contribution < -0.4 is 0 Å². The number of likely N-dealkylation sites (tertiary alicyclic amines) is 2. The molecular formula is C20H20ClFN2O. The van der Waals surface area contributed by atoms with Gasteiger partial charge in [-0.25, -0.2) is 4.39 Å². The predicted octanol–water partition coefficient (Wildman–Crippen LogP) is 3.85. The number of hydrogen-bond donors (Lipinski definition) is 0. The molecule has 0 N–H and O–H groups in total. The average Bonchev–Trinajstić information content (AvgIpc) is 3.10. The van der Waals surface area contributed by atoms with E-state index >= 15 is 0 Å². The Morgan fingerprint density at radius 3 is 2.60 bits per heavy atom. The van der Waals surface area contributed by atoms with E-state index in [0.29, 0.717) is 36.5 Å². The molecule has 0 aliphatic carbocycles. The summed E-state index contributed by atoms with van der Waals surface area (Å²) < 4.78 is 13.6. The van der Waals surface area contributed by atoms with Crippen molar-refractivity contribution in [3.63, 3.8) is 0 Å². The van der Waals surface area contributed by atoms with E-state index in [1.165, 1.54) is 17.7 Å². The van der Waals surface area contributed by atoms with E-state index in [1.54, 1.807) is 6.07 Å². The zero-order valence-electron chi connectivity index (χ0n) is 14.0. The van der Waals surface area contributed by atoms with Crippen molar-refractivity contribution in [3.05, 3.63) is 70.5 Å². The zero-order valence-corrected chi connectivity index (χ0v) is 14.8. The molecule has 0 bridgehead atoms. The Hall–Kier alpha value is -1.91. The van der Waals surface area contributed by atoms with Crippen molar-refractivity contribution < 1.29 is 9.18 Å². The van der Waals surface area contributed by atoms with Crippen LogP contribution >= 0.6 is 11.6 Å². The van der Waals surface area contributed by atoms with Crippen LogP contribution in [0.25, 0.3) is 0 Å². The molecule has 2 saturated heterocycles. The Balaban J connectivity index is 1.56. The van der Waals surface area contributed by atoms with Gasteiger partial charge in [0.05, 0.1) is 0 Å². The fourth-order valence-corrected chi connectivity index (χ4v) is 4.66. The summed E-state index contributed by atoms with van der Waals surface area (Å²) in [5.74, 6) is 0.242. The SMILES string of the molecule is CN1C[C@H]2CN(C(=O)c3cc(F)cc(Cl)c3)C[C@H]2[C@@H]1c1ccccc1. The van der Waals surface area contributed by atoms with Crippen molar-refractivity contribution in [2.24, 2.45) is 11.8 Å². The Labute approximate surface area is 152 Å². The number of carbonyl (C=O) groups excluding carboxylic acids is 1. The average molecular weight is 359 g/mol. The molecule has 2 aliphatic rings. The summed E-state index contributed by atoms with van der Waals surface area (Å²) in [5, 5.41) is 0.254. The molecule has 5 heteroatoms. The van der Waals surface area contributed by atoms with Gasteiger partial charge in [-0.1, -0.05) is 41.9 Å². The molecule has 0 radical (unpaired) electrons. The van der Waals surface area contributed by atoms with Gasteiger partial charge in [0.25, 0.3) is 5.91 Å². The molecule has 2 aromatic rings. The zero-order chi connectivity index (χ0) is 17.6. The van der Waals surface area contributed by atoms with Crippen LogP contribution in [0.4, 0.5) is 4.39 Å². The fraction of sp³-hybridized carbons (Fsp3) is 0.350. The lowest BCUT2D eigenvalue weighted by atomic mass is 9.90. The summed E-state index contributed by atoms with van der Waals surface area (Å²) >= 11 is 5.90. The van der Waals surface area contributed by atoms with Crippen molar-refractivity contribution in [1.82, 2.24) is 9.80 Å². The second-order valence-electron chi connectivity index (χ2n) is 7.09. The second kappa shape index (κ2) is 6.43. The molecule has 2 heterocycles. The largest absolute Gasteiger partial charge is 0.338 e. The van der Waals surface area contributed by atoms with Crippen LogP contribution in [-0.4, -0.2) is 42.4 Å². The van der Waals surface area contributed by atoms with Gasteiger partial charge in [-0.3, -0.25) is 9.69 Å². The van der Waals surface area contributed by atoms with Gasteiger partial charge in [0, 0.05) is 42.2 Å². The van der Waals surface area contributed by atoms with Gasteiger partial charge in [0.1, 0.15) is 5.82 Å². The first-order valence-corrected chi connectivity index (χ1v) is 8.91. The van der Waals surface area contributed by atoms with E-state index in [4.69, 9.17) is 11.6 Å². The smallest absolute Gasteiger partial charge is 0.254 e. The van der Waals surface area contributed by atoms with Gasteiger partial charge in [-0.15, -0.1) is 0 Å². The number of amides is 1. The van der Waals surface area contributed by atoms with Gasteiger partial charge in [0.15, 0.2) is 0 Å². The Kier molecular flexibility index (Phi) is 4.26. The van der Waals surface area contributed by atoms with Crippen LogP contribution in [0.3, 0.4) is 0 Å². The van der Waals surface area contributed by atoms with Crippen molar-refractivity contribution in [2.75, 3.05) is 26.7 Å². The standard InChI is InChI=1S/C20H20ClFN2O/c1-23-10-15-11-24(20(25)14-7-16(21)9-17(22)8-14)12-18(15)19(23)13-5-3-2-4-6-13/h2-9,15,18-19H,10-12H2,1H3/t15-,18+,19-/m0/s1. The molecule has 2 aliphatic heterocycles.